The van der Waals surface area contributed by atoms with Gasteiger partial charge in [0.25, 0.3) is 0 Å². The van der Waals surface area contributed by atoms with Crippen molar-refractivity contribution in [1.82, 2.24) is 0 Å². The standard InChI is InChI=1S/C12H14ClFN2/c1-8-5-9(13)11(6-10(8)14)16(4)12(2,3)7-15/h5-6H,1-4H3. The van der Waals surface area contributed by atoms with Crippen LogP contribution in [0.3, 0.4) is 0 Å². The fourth-order valence-corrected chi connectivity index (χ4v) is 1.61. The van der Waals surface area contributed by atoms with Crippen molar-refractivity contribution in [2.75, 3.05) is 11.9 Å². The molecule has 0 saturated carbocycles. The van der Waals surface area contributed by atoms with Crippen molar-refractivity contribution in [3.63, 3.8) is 0 Å². The lowest BCUT2D eigenvalue weighted by Gasteiger charge is -2.32. The lowest BCUT2D eigenvalue weighted by atomic mass is 10.0. The summed E-state index contributed by atoms with van der Waals surface area (Å²) in [6.45, 7) is 5.16. The number of halogens is 2. The Morgan fingerprint density at radius 3 is 2.50 bits per heavy atom. The Morgan fingerprint density at radius 2 is 2.00 bits per heavy atom. The fourth-order valence-electron chi connectivity index (χ4n) is 1.27. The Bertz CT molecular complexity index is 449. The number of hydrogen-bond donors (Lipinski definition) is 0. The first-order chi connectivity index (χ1) is 7.29. The van der Waals surface area contributed by atoms with Crippen LogP contribution in [0.25, 0.3) is 0 Å². The highest BCUT2D eigenvalue weighted by Crippen LogP contribution is 2.31. The van der Waals surface area contributed by atoms with Gasteiger partial charge >= 0.3 is 0 Å². The van der Waals surface area contributed by atoms with E-state index in [1.807, 2.05) is 0 Å². The van der Waals surface area contributed by atoms with Gasteiger partial charge in [0.15, 0.2) is 0 Å². The van der Waals surface area contributed by atoms with Gasteiger partial charge in [0.05, 0.1) is 16.8 Å². The van der Waals surface area contributed by atoms with Crippen molar-refractivity contribution in [2.24, 2.45) is 0 Å². The highest BCUT2D eigenvalue weighted by molar-refractivity contribution is 6.33. The van der Waals surface area contributed by atoms with Gasteiger partial charge in [0, 0.05) is 7.05 Å². The molecular formula is C12H14ClFN2. The molecule has 16 heavy (non-hydrogen) atoms. The quantitative estimate of drug-likeness (QED) is 0.791. The van der Waals surface area contributed by atoms with Gasteiger partial charge in [-0.2, -0.15) is 5.26 Å². The number of rotatable bonds is 2. The number of anilines is 1. The third-order valence-electron chi connectivity index (χ3n) is 2.70. The maximum Gasteiger partial charge on any atom is 0.128 e. The van der Waals surface area contributed by atoms with E-state index in [0.29, 0.717) is 16.3 Å². The van der Waals surface area contributed by atoms with Crippen LogP contribution in [-0.4, -0.2) is 12.6 Å². The van der Waals surface area contributed by atoms with Crippen LogP contribution in [0.4, 0.5) is 10.1 Å². The van der Waals surface area contributed by atoms with Crippen molar-refractivity contribution in [2.45, 2.75) is 26.3 Å². The summed E-state index contributed by atoms with van der Waals surface area (Å²) in [4.78, 5) is 1.66. The third kappa shape index (κ3) is 2.28. The summed E-state index contributed by atoms with van der Waals surface area (Å²) in [6, 6.07) is 5.07. The molecule has 1 aromatic rings. The Hall–Kier alpha value is -1.27. The van der Waals surface area contributed by atoms with E-state index in [1.54, 1.807) is 38.8 Å². The summed E-state index contributed by atoms with van der Waals surface area (Å²) in [6.07, 6.45) is 0. The van der Waals surface area contributed by atoms with Crippen LogP contribution >= 0.6 is 11.6 Å². The maximum absolute atomic E-state index is 13.4. The highest BCUT2D eigenvalue weighted by atomic mass is 35.5. The zero-order valence-electron chi connectivity index (χ0n) is 9.81. The topological polar surface area (TPSA) is 27.0 Å². The molecule has 0 unspecified atom stereocenters. The van der Waals surface area contributed by atoms with Gasteiger partial charge in [0.1, 0.15) is 11.4 Å². The van der Waals surface area contributed by atoms with Crippen LogP contribution in [0.15, 0.2) is 12.1 Å². The van der Waals surface area contributed by atoms with E-state index < -0.39 is 5.54 Å². The van der Waals surface area contributed by atoms with E-state index in [1.165, 1.54) is 6.07 Å². The molecular weight excluding hydrogens is 227 g/mol. The van der Waals surface area contributed by atoms with Gasteiger partial charge < -0.3 is 4.90 Å². The zero-order valence-corrected chi connectivity index (χ0v) is 10.6. The van der Waals surface area contributed by atoms with Crippen LogP contribution in [0, 0.1) is 24.1 Å². The molecule has 0 N–H and O–H groups in total. The number of nitriles is 1. The first-order valence-electron chi connectivity index (χ1n) is 4.90. The molecule has 0 atom stereocenters. The van der Waals surface area contributed by atoms with E-state index in [0.717, 1.165) is 0 Å². The van der Waals surface area contributed by atoms with Crippen molar-refractivity contribution >= 4 is 17.3 Å². The Labute approximate surface area is 100 Å². The van der Waals surface area contributed by atoms with Gasteiger partial charge in [0.2, 0.25) is 0 Å². The lowest BCUT2D eigenvalue weighted by Crippen LogP contribution is -2.40. The van der Waals surface area contributed by atoms with Gasteiger partial charge in [-0.05, 0) is 38.5 Å². The molecule has 0 aliphatic heterocycles. The smallest absolute Gasteiger partial charge is 0.128 e. The summed E-state index contributed by atoms with van der Waals surface area (Å²) < 4.78 is 13.4. The maximum atomic E-state index is 13.4. The van der Waals surface area contributed by atoms with E-state index in [9.17, 15) is 4.39 Å². The van der Waals surface area contributed by atoms with E-state index in [2.05, 4.69) is 6.07 Å². The molecule has 0 fully saturated rings. The number of hydrogen-bond acceptors (Lipinski definition) is 2. The SMILES string of the molecule is Cc1cc(Cl)c(N(C)C(C)(C)C#N)cc1F. The molecule has 4 heteroatoms. The predicted octanol–water partition coefficient (Wildman–Crippen LogP) is 3.53. The molecule has 2 nitrogen and oxygen atoms in total. The average Bonchev–Trinajstić information content (AvgIpc) is 2.22. The molecule has 0 aliphatic carbocycles. The first kappa shape index (κ1) is 12.8. The number of aryl methyl sites for hydroxylation is 1. The van der Waals surface area contributed by atoms with E-state index >= 15 is 0 Å². The van der Waals surface area contributed by atoms with Crippen molar-refractivity contribution in [1.29, 1.82) is 5.26 Å². The van der Waals surface area contributed by atoms with Crippen molar-refractivity contribution in [3.8, 4) is 6.07 Å². The third-order valence-corrected chi connectivity index (χ3v) is 3.00. The molecule has 0 amide bonds. The monoisotopic (exact) mass is 240 g/mol. The van der Waals surface area contributed by atoms with Crippen LogP contribution in [0.1, 0.15) is 19.4 Å². The van der Waals surface area contributed by atoms with Gasteiger partial charge in [-0.15, -0.1) is 0 Å². The molecule has 0 aromatic heterocycles. The minimum Gasteiger partial charge on any atom is -0.356 e. The molecule has 0 heterocycles. The van der Waals surface area contributed by atoms with Crippen LogP contribution in [-0.2, 0) is 0 Å². The van der Waals surface area contributed by atoms with Crippen LogP contribution in [0.2, 0.25) is 5.02 Å². The summed E-state index contributed by atoms with van der Waals surface area (Å²) in [5.74, 6) is -0.319. The summed E-state index contributed by atoms with van der Waals surface area (Å²) >= 11 is 6.04. The zero-order chi connectivity index (χ0) is 12.5. The second kappa shape index (κ2) is 4.31. The second-order valence-electron chi connectivity index (χ2n) is 4.28. The van der Waals surface area contributed by atoms with Gasteiger partial charge in [-0.1, -0.05) is 11.6 Å². The number of benzene rings is 1. The Morgan fingerprint density at radius 1 is 1.44 bits per heavy atom. The Kier molecular flexibility index (Phi) is 3.44. The summed E-state index contributed by atoms with van der Waals surface area (Å²) in [5, 5.41) is 9.46. The Balaban J connectivity index is 3.25. The largest absolute Gasteiger partial charge is 0.356 e. The molecule has 0 bridgehead atoms. The lowest BCUT2D eigenvalue weighted by molar-refractivity contribution is 0.600. The predicted molar refractivity (Wildman–Crippen MR) is 64.2 cm³/mol. The molecule has 1 aromatic carbocycles. The van der Waals surface area contributed by atoms with Crippen LogP contribution < -0.4 is 4.90 Å². The van der Waals surface area contributed by atoms with Crippen molar-refractivity contribution < 1.29 is 4.39 Å². The van der Waals surface area contributed by atoms with Gasteiger partial charge in [-0.3, -0.25) is 0 Å². The van der Waals surface area contributed by atoms with E-state index in [4.69, 9.17) is 16.9 Å². The van der Waals surface area contributed by atoms with E-state index in [-0.39, 0.29) is 5.82 Å². The molecule has 0 spiro atoms. The minimum absolute atomic E-state index is 0.319. The highest BCUT2D eigenvalue weighted by Gasteiger charge is 2.25. The second-order valence-corrected chi connectivity index (χ2v) is 4.69. The molecule has 86 valence electrons. The molecule has 0 aliphatic rings. The van der Waals surface area contributed by atoms with Crippen LogP contribution in [0.5, 0.6) is 0 Å². The summed E-state index contributed by atoms with van der Waals surface area (Å²) in [5.41, 5.74) is 0.291. The molecule has 0 saturated heterocycles. The number of nitrogens with zero attached hydrogens (tertiary/aromatic N) is 2. The molecule has 1 rings (SSSR count). The summed E-state index contributed by atoms with van der Waals surface area (Å²) in [7, 11) is 1.72. The average molecular weight is 241 g/mol. The van der Waals surface area contributed by atoms with Gasteiger partial charge in [-0.25, -0.2) is 4.39 Å². The minimum atomic E-state index is -0.731. The normalized spacial score (nSPS) is 11.1. The first-order valence-corrected chi connectivity index (χ1v) is 5.28. The van der Waals surface area contributed by atoms with Crippen molar-refractivity contribution in [3.05, 3.63) is 28.5 Å². The fraction of sp³-hybridized carbons (Fsp3) is 0.417. The molecule has 0 radical (unpaired) electrons.